The summed E-state index contributed by atoms with van der Waals surface area (Å²) in [7, 11) is 1.43. The molecule has 2 saturated heterocycles. The zero-order valence-corrected chi connectivity index (χ0v) is 23.0. The number of aromatic nitrogens is 1. The van der Waals surface area contributed by atoms with Crippen molar-refractivity contribution in [1.82, 2.24) is 9.47 Å². The van der Waals surface area contributed by atoms with Crippen molar-refractivity contribution in [1.29, 1.82) is 0 Å². The number of rotatable bonds is 4. The summed E-state index contributed by atoms with van der Waals surface area (Å²) in [5, 5.41) is 9.54. The molecule has 1 amide bonds. The minimum atomic E-state index is -1.34. The molecule has 1 saturated carbocycles. The van der Waals surface area contributed by atoms with Crippen LogP contribution in [0.5, 0.6) is 5.75 Å². The lowest BCUT2D eigenvalue weighted by Gasteiger charge is -2.37. The number of benzene rings is 1. The van der Waals surface area contributed by atoms with E-state index in [9.17, 15) is 19.5 Å². The smallest absolute Gasteiger partial charge is 0.410 e. The molecule has 38 heavy (non-hydrogen) atoms. The monoisotopic (exact) mass is 531 g/mol. The number of ether oxygens (including phenoxy) is 2. The Kier molecular flexibility index (Phi) is 7.63. The van der Waals surface area contributed by atoms with Crippen molar-refractivity contribution in [3.05, 3.63) is 33.9 Å². The second-order valence-corrected chi connectivity index (χ2v) is 11.0. The lowest BCUT2D eigenvalue weighted by Crippen LogP contribution is -2.50. The van der Waals surface area contributed by atoms with Crippen LogP contribution < -0.4 is 15.1 Å². The Bertz CT molecular complexity index is 1300. The van der Waals surface area contributed by atoms with Gasteiger partial charge in [-0.15, -0.1) is 0 Å². The number of pyridine rings is 1. The molecule has 2 aromatic rings. The lowest BCUT2D eigenvalue weighted by atomic mass is 9.92. The van der Waals surface area contributed by atoms with E-state index in [1.165, 1.54) is 13.3 Å². The number of nitrogens with zero attached hydrogens (tertiary/aromatic N) is 3. The first kappa shape index (κ1) is 27.7. The van der Waals surface area contributed by atoms with Crippen molar-refractivity contribution < 1.29 is 28.6 Å². The van der Waals surface area contributed by atoms with Gasteiger partial charge in [-0.05, 0) is 58.4 Å². The van der Waals surface area contributed by atoms with E-state index in [0.29, 0.717) is 25.2 Å². The number of hydrogen-bond donors (Lipinski definition) is 1. The summed E-state index contributed by atoms with van der Waals surface area (Å²) in [6, 6.07) is 1.03. The van der Waals surface area contributed by atoms with Gasteiger partial charge in [0.15, 0.2) is 11.6 Å². The van der Waals surface area contributed by atoms with Gasteiger partial charge in [0.2, 0.25) is 5.43 Å². The number of carbonyl (C=O) groups is 2. The number of carboxylic acids is 1. The van der Waals surface area contributed by atoms with Gasteiger partial charge in [0.05, 0.1) is 24.1 Å². The van der Waals surface area contributed by atoms with Crippen molar-refractivity contribution in [2.24, 2.45) is 5.92 Å². The van der Waals surface area contributed by atoms with Crippen molar-refractivity contribution in [3.63, 3.8) is 0 Å². The summed E-state index contributed by atoms with van der Waals surface area (Å²) >= 11 is 0. The van der Waals surface area contributed by atoms with Crippen molar-refractivity contribution >= 4 is 28.7 Å². The molecular weight excluding hydrogens is 493 g/mol. The number of likely N-dealkylation sites (tertiary alicyclic amines) is 1. The van der Waals surface area contributed by atoms with E-state index >= 15 is 4.39 Å². The topological polar surface area (TPSA) is 101 Å². The third-order valence-corrected chi connectivity index (χ3v) is 7.30. The first-order valence-corrected chi connectivity index (χ1v) is 13.4. The number of amides is 1. The highest BCUT2D eigenvalue weighted by atomic mass is 19.1. The van der Waals surface area contributed by atoms with Gasteiger partial charge in [-0.2, -0.15) is 0 Å². The molecule has 2 unspecified atom stereocenters. The van der Waals surface area contributed by atoms with Crippen LogP contribution in [0, 0.1) is 11.7 Å². The van der Waals surface area contributed by atoms with Gasteiger partial charge in [0.1, 0.15) is 16.9 Å². The summed E-state index contributed by atoms with van der Waals surface area (Å²) in [6.45, 7) is 11.0. The second-order valence-electron chi connectivity index (χ2n) is 11.0. The van der Waals surface area contributed by atoms with E-state index < -0.39 is 22.8 Å². The number of piperidine rings is 1. The van der Waals surface area contributed by atoms with E-state index in [-0.39, 0.29) is 46.5 Å². The lowest BCUT2D eigenvalue weighted by molar-refractivity contribution is 0.00668. The maximum Gasteiger partial charge on any atom is 0.410 e. The van der Waals surface area contributed by atoms with Crippen LogP contribution >= 0.6 is 0 Å². The molecule has 0 radical (unpaired) electrons. The van der Waals surface area contributed by atoms with E-state index in [1.54, 1.807) is 9.47 Å². The van der Waals surface area contributed by atoms with E-state index in [2.05, 4.69) is 0 Å². The van der Waals surface area contributed by atoms with E-state index in [4.69, 9.17) is 9.47 Å². The molecule has 10 heteroatoms. The molecule has 1 aromatic heterocycles. The maximum absolute atomic E-state index is 15.7. The van der Waals surface area contributed by atoms with Gasteiger partial charge in [-0.25, -0.2) is 14.0 Å². The first-order chi connectivity index (χ1) is 18.0. The predicted octanol–water partition coefficient (Wildman–Crippen LogP) is 5.04. The molecule has 1 aromatic carbocycles. The Morgan fingerprint density at radius 1 is 1.13 bits per heavy atom. The number of carbonyl (C=O) groups excluding carboxylic acids is 1. The highest BCUT2D eigenvalue weighted by Gasteiger charge is 2.44. The van der Waals surface area contributed by atoms with Gasteiger partial charge in [0.25, 0.3) is 0 Å². The van der Waals surface area contributed by atoms with Gasteiger partial charge in [-0.1, -0.05) is 13.8 Å². The largest absolute Gasteiger partial charge is 0.492 e. The fourth-order valence-electron chi connectivity index (χ4n) is 5.63. The van der Waals surface area contributed by atoms with Gasteiger partial charge in [0, 0.05) is 31.9 Å². The Morgan fingerprint density at radius 2 is 1.82 bits per heavy atom. The third-order valence-electron chi connectivity index (χ3n) is 7.30. The van der Waals surface area contributed by atoms with Gasteiger partial charge >= 0.3 is 12.1 Å². The fourth-order valence-corrected chi connectivity index (χ4v) is 5.63. The fraction of sp³-hybridized carbons (Fsp3) is 0.607. The summed E-state index contributed by atoms with van der Waals surface area (Å²) in [6.07, 6.45) is 4.41. The van der Waals surface area contributed by atoms with Crippen molar-refractivity contribution in [2.75, 3.05) is 31.6 Å². The quantitative estimate of drug-likeness (QED) is 0.590. The molecule has 3 heterocycles. The Balaban J connectivity index is 0.00000164. The zero-order chi connectivity index (χ0) is 27.9. The molecule has 9 nitrogen and oxygen atoms in total. The van der Waals surface area contributed by atoms with Crippen molar-refractivity contribution in [2.45, 2.75) is 78.0 Å². The average molecular weight is 532 g/mol. The molecular formula is C28H38FN3O6. The molecule has 0 spiro atoms. The van der Waals surface area contributed by atoms with E-state index in [0.717, 1.165) is 31.7 Å². The number of methoxy groups -OCH3 is 1. The Hall–Kier alpha value is -3.30. The van der Waals surface area contributed by atoms with Crippen LogP contribution in [-0.4, -0.2) is 65.0 Å². The SMILES string of the molecule is CC.COc1c(N2CC3CCCN(C(=O)OC(C)(C)C)C3C2)c(F)cc2c(=O)c(C(=O)O)cn(C3CC3)c12. The summed E-state index contributed by atoms with van der Waals surface area (Å²) in [5.41, 5.74) is -1.09. The molecule has 5 rings (SSSR count). The van der Waals surface area contributed by atoms with Gasteiger partial charge < -0.3 is 28.9 Å². The number of hydrogen-bond acceptors (Lipinski definition) is 6. The van der Waals surface area contributed by atoms with Crippen LogP contribution in [0.25, 0.3) is 10.9 Å². The highest BCUT2D eigenvalue weighted by Crippen LogP contribution is 2.45. The molecule has 3 aliphatic rings. The molecule has 2 aliphatic heterocycles. The highest BCUT2D eigenvalue weighted by molar-refractivity contribution is 5.97. The summed E-state index contributed by atoms with van der Waals surface area (Å²) in [4.78, 5) is 41.2. The molecule has 208 valence electrons. The zero-order valence-electron chi connectivity index (χ0n) is 23.0. The number of halogens is 1. The average Bonchev–Trinajstić information content (AvgIpc) is 3.61. The van der Waals surface area contributed by atoms with Crippen LogP contribution in [0.2, 0.25) is 0 Å². The number of fused-ring (bicyclic) bond motifs is 2. The van der Waals surface area contributed by atoms with Crippen LogP contribution in [0.15, 0.2) is 17.1 Å². The van der Waals surface area contributed by atoms with Crippen molar-refractivity contribution in [3.8, 4) is 5.75 Å². The first-order valence-electron chi connectivity index (χ1n) is 13.4. The minimum Gasteiger partial charge on any atom is -0.492 e. The molecule has 0 bridgehead atoms. The molecule has 2 atom stereocenters. The summed E-state index contributed by atoms with van der Waals surface area (Å²) < 4.78 is 28.8. The maximum atomic E-state index is 15.7. The van der Waals surface area contributed by atoms with E-state index in [1.807, 2.05) is 39.5 Å². The molecule has 1 aliphatic carbocycles. The Morgan fingerprint density at radius 3 is 2.39 bits per heavy atom. The summed E-state index contributed by atoms with van der Waals surface area (Å²) in [5.74, 6) is -1.63. The molecule has 3 fully saturated rings. The molecule has 1 N–H and O–H groups in total. The third kappa shape index (κ3) is 5.05. The van der Waals surface area contributed by atoms with Crippen LogP contribution in [0.4, 0.5) is 14.9 Å². The number of anilines is 1. The minimum absolute atomic E-state index is 0.00750. The normalized spacial score (nSPS) is 21.0. The second kappa shape index (κ2) is 10.5. The van der Waals surface area contributed by atoms with Crippen LogP contribution in [0.3, 0.4) is 0 Å². The van der Waals surface area contributed by atoms with Crippen LogP contribution in [-0.2, 0) is 4.74 Å². The van der Waals surface area contributed by atoms with Gasteiger partial charge in [-0.3, -0.25) is 4.79 Å². The van der Waals surface area contributed by atoms with Crippen LogP contribution in [0.1, 0.15) is 76.7 Å². The number of aromatic carboxylic acids is 1. The predicted molar refractivity (Wildman–Crippen MR) is 143 cm³/mol. The standard InChI is InChI=1S/C26H32FN3O6.C2H6/c1-26(2,3)36-25(34)29-9-5-6-14-11-28(13-19(14)29)21-18(27)10-16-20(23(21)35-4)30(15-7-8-15)12-17(22(16)31)24(32)33;1-2/h10,12,14-15,19H,5-9,11,13H2,1-4H3,(H,32,33);1-2H3. The number of carboxylic acid groups (broad SMARTS) is 1. The Labute approximate surface area is 222 Å².